The lowest BCUT2D eigenvalue weighted by Crippen LogP contribution is -2.44. The number of nitrogens with one attached hydrogen (secondary N) is 1. The zero-order chi connectivity index (χ0) is 24.2. The Bertz CT molecular complexity index is 1290. The van der Waals surface area contributed by atoms with Crippen molar-refractivity contribution in [3.63, 3.8) is 0 Å². The van der Waals surface area contributed by atoms with Gasteiger partial charge in [-0.1, -0.05) is 0 Å². The van der Waals surface area contributed by atoms with E-state index in [1.165, 1.54) is 11.1 Å². The van der Waals surface area contributed by atoms with Crippen LogP contribution >= 0.6 is 0 Å². The molecule has 2 aromatic heterocycles. The number of carbonyl (C=O) groups excluding carboxylic acids is 1. The Morgan fingerprint density at radius 2 is 1.88 bits per heavy atom. The molecule has 2 amide bonds. The fourth-order valence-electron chi connectivity index (χ4n) is 4.81. The van der Waals surface area contributed by atoms with Crippen LogP contribution in [-0.4, -0.2) is 26.9 Å². The molecule has 0 radical (unpaired) electrons. The summed E-state index contributed by atoms with van der Waals surface area (Å²) in [4.78, 5) is 21.8. The third-order valence-corrected chi connectivity index (χ3v) is 6.25. The predicted octanol–water partition coefficient (Wildman–Crippen LogP) is 5.87. The fourth-order valence-corrected chi connectivity index (χ4v) is 4.81. The normalized spacial score (nSPS) is 19.2. The third-order valence-electron chi connectivity index (χ3n) is 6.25. The van der Waals surface area contributed by atoms with Crippen LogP contribution < -0.4 is 5.32 Å². The Morgan fingerprint density at radius 1 is 1.09 bits per heavy atom. The van der Waals surface area contributed by atoms with E-state index in [0.29, 0.717) is 24.0 Å². The number of amides is 2. The number of anilines is 1. The summed E-state index contributed by atoms with van der Waals surface area (Å²) in [7, 11) is 0. The average molecular weight is 478 g/mol. The second kappa shape index (κ2) is 8.00. The van der Waals surface area contributed by atoms with Gasteiger partial charge in [-0.15, -0.1) is 0 Å². The number of nitrogens with zero attached hydrogens (tertiary/aromatic N) is 3. The van der Waals surface area contributed by atoms with Crippen molar-refractivity contribution < 1.29 is 31.1 Å². The fraction of sp³-hybridized carbons (Fsp3) is 0.261. The highest BCUT2D eigenvalue weighted by Gasteiger charge is 2.44. The van der Waals surface area contributed by atoms with Gasteiger partial charge in [0.2, 0.25) is 5.95 Å². The first kappa shape index (κ1) is 22.2. The van der Waals surface area contributed by atoms with E-state index in [1.807, 2.05) is 0 Å². The van der Waals surface area contributed by atoms with Crippen LogP contribution in [0.5, 0.6) is 0 Å². The SMILES string of the molecule is O=C(Nc1cc(-c2cncc(F)c2)c(C(F)(F)F)cc1F)N1[C@H]2CC[C@@H]1c1ccnc(F)c1C2. The van der Waals surface area contributed by atoms with Crippen molar-refractivity contribution in [3.05, 3.63) is 77.1 Å². The molecule has 1 fully saturated rings. The standard InChI is InChI=1S/C23H16F6N4O/c24-12-5-11(9-30-10-12)15-7-19(18(25)8-17(15)23(27,28)29)32-22(34)33-13-1-2-20(33)14-3-4-31-21(26)16(14)6-13/h3-5,7-10,13,20H,1-2,6H2,(H,32,34)/t13-,20+/m0/s1. The van der Waals surface area contributed by atoms with Crippen LogP contribution in [0.3, 0.4) is 0 Å². The van der Waals surface area contributed by atoms with Crippen LogP contribution in [0.2, 0.25) is 0 Å². The van der Waals surface area contributed by atoms with Gasteiger partial charge in [-0.05, 0) is 54.7 Å². The highest BCUT2D eigenvalue weighted by atomic mass is 19.4. The Kier molecular flexibility index (Phi) is 5.22. The van der Waals surface area contributed by atoms with Crippen molar-refractivity contribution >= 4 is 11.7 Å². The molecule has 0 aliphatic carbocycles. The van der Waals surface area contributed by atoms with E-state index in [1.54, 1.807) is 6.07 Å². The smallest absolute Gasteiger partial charge is 0.314 e. The molecule has 5 rings (SSSR count). The number of alkyl halides is 3. The minimum Gasteiger partial charge on any atom is -0.314 e. The number of hydrogen-bond donors (Lipinski definition) is 1. The molecule has 2 aliphatic rings. The van der Waals surface area contributed by atoms with Gasteiger partial charge < -0.3 is 10.2 Å². The van der Waals surface area contributed by atoms with E-state index < -0.39 is 52.6 Å². The maximum atomic E-state index is 14.7. The monoisotopic (exact) mass is 478 g/mol. The highest BCUT2D eigenvalue weighted by molar-refractivity contribution is 5.91. The molecule has 4 heterocycles. The Hall–Kier alpha value is -3.63. The van der Waals surface area contributed by atoms with Gasteiger partial charge in [0.15, 0.2) is 0 Å². The Labute approximate surface area is 189 Å². The summed E-state index contributed by atoms with van der Waals surface area (Å²) in [5.74, 6) is -2.77. The van der Waals surface area contributed by atoms with Gasteiger partial charge in [0.1, 0.15) is 11.6 Å². The first-order chi connectivity index (χ1) is 16.1. The van der Waals surface area contributed by atoms with Crippen LogP contribution in [-0.2, 0) is 12.6 Å². The van der Waals surface area contributed by atoms with Gasteiger partial charge in [-0.25, -0.2) is 18.6 Å². The quantitative estimate of drug-likeness (QED) is 0.370. The minimum atomic E-state index is -4.93. The number of urea groups is 1. The average Bonchev–Trinajstić information content (AvgIpc) is 3.10. The summed E-state index contributed by atoms with van der Waals surface area (Å²) in [6, 6.07) is 1.99. The molecule has 2 atom stereocenters. The van der Waals surface area contributed by atoms with Gasteiger partial charge in [-0.3, -0.25) is 4.98 Å². The van der Waals surface area contributed by atoms with Crippen molar-refractivity contribution in [1.29, 1.82) is 0 Å². The van der Waals surface area contributed by atoms with Crippen molar-refractivity contribution in [2.24, 2.45) is 0 Å². The lowest BCUT2D eigenvalue weighted by atomic mass is 9.95. The predicted molar refractivity (Wildman–Crippen MR) is 109 cm³/mol. The van der Waals surface area contributed by atoms with E-state index in [-0.39, 0.29) is 24.1 Å². The van der Waals surface area contributed by atoms with E-state index in [9.17, 15) is 31.1 Å². The summed E-state index contributed by atoms with van der Waals surface area (Å²) in [5, 5.41) is 2.35. The third kappa shape index (κ3) is 3.74. The molecule has 2 aliphatic heterocycles. The van der Waals surface area contributed by atoms with E-state index in [0.717, 1.165) is 24.5 Å². The summed E-state index contributed by atoms with van der Waals surface area (Å²) in [5.41, 5.74) is -1.54. The number of halogens is 6. The van der Waals surface area contributed by atoms with Crippen LogP contribution in [0.1, 0.15) is 35.6 Å². The summed E-state index contributed by atoms with van der Waals surface area (Å²) >= 11 is 0. The number of fused-ring (bicyclic) bond motifs is 4. The summed E-state index contributed by atoms with van der Waals surface area (Å²) in [6.45, 7) is 0. The van der Waals surface area contributed by atoms with Crippen molar-refractivity contribution in [3.8, 4) is 11.1 Å². The first-order valence-corrected chi connectivity index (χ1v) is 10.4. The Morgan fingerprint density at radius 3 is 2.62 bits per heavy atom. The second-order valence-corrected chi connectivity index (χ2v) is 8.23. The van der Waals surface area contributed by atoms with E-state index in [2.05, 4.69) is 15.3 Å². The van der Waals surface area contributed by atoms with Gasteiger partial charge in [-0.2, -0.15) is 17.6 Å². The maximum absolute atomic E-state index is 14.7. The molecule has 176 valence electrons. The maximum Gasteiger partial charge on any atom is 0.417 e. The number of carbonyl (C=O) groups is 1. The van der Waals surface area contributed by atoms with Crippen molar-refractivity contribution in [2.75, 3.05) is 5.32 Å². The first-order valence-electron chi connectivity index (χ1n) is 10.4. The van der Waals surface area contributed by atoms with Crippen LogP contribution in [0.25, 0.3) is 11.1 Å². The van der Waals surface area contributed by atoms with Crippen LogP contribution in [0.4, 0.5) is 36.8 Å². The molecule has 11 heteroatoms. The molecule has 5 nitrogen and oxygen atoms in total. The molecule has 1 aromatic carbocycles. The molecular formula is C23H16F6N4O. The number of pyridine rings is 2. The summed E-state index contributed by atoms with van der Waals surface area (Å²) < 4.78 is 83.2. The molecule has 0 spiro atoms. The molecule has 0 saturated carbocycles. The minimum absolute atomic E-state index is 0.224. The number of benzene rings is 1. The second-order valence-electron chi connectivity index (χ2n) is 8.23. The van der Waals surface area contributed by atoms with E-state index >= 15 is 0 Å². The molecular weight excluding hydrogens is 462 g/mol. The van der Waals surface area contributed by atoms with Gasteiger partial charge in [0.05, 0.1) is 23.5 Å². The number of hydrogen-bond acceptors (Lipinski definition) is 3. The molecule has 34 heavy (non-hydrogen) atoms. The van der Waals surface area contributed by atoms with Crippen molar-refractivity contribution in [1.82, 2.24) is 14.9 Å². The molecule has 2 bridgehead atoms. The van der Waals surface area contributed by atoms with Gasteiger partial charge >= 0.3 is 12.2 Å². The number of aromatic nitrogens is 2. The molecule has 1 N–H and O–H groups in total. The molecule has 1 saturated heterocycles. The molecule has 3 aromatic rings. The molecule has 0 unspecified atom stereocenters. The van der Waals surface area contributed by atoms with Crippen LogP contribution in [0, 0.1) is 17.6 Å². The lowest BCUT2D eigenvalue weighted by molar-refractivity contribution is -0.137. The van der Waals surface area contributed by atoms with Crippen LogP contribution in [0.15, 0.2) is 42.9 Å². The topological polar surface area (TPSA) is 58.1 Å². The van der Waals surface area contributed by atoms with Gasteiger partial charge in [0.25, 0.3) is 0 Å². The Balaban J connectivity index is 1.50. The summed E-state index contributed by atoms with van der Waals surface area (Å²) in [6.07, 6.45) is -0.413. The highest BCUT2D eigenvalue weighted by Crippen LogP contribution is 2.45. The van der Waals surface area contributed by atoms with Crippen molar-refractivity contribution in [2.45, 2.75) is 37.5 Å². The number of rotatable bonds is 2. The van der Waals surface area contributed by atoms with E-state index in [4.69, 9.17) is 0 Å². The van der Waals surface area contributed by atoms with Gasteiger partial charge in [0, 0.05) is 29.6 Å². The largest absolute Gasteiger partial charge is 0.417 e. The zero-order valence-corrected chi connectivity index (χ0v) is 17.3. The lowest BCUT2D eigenvalue weighted by Gasteiger charge is -2.36. The zero-order valence-electron chi connectivity index (χ0n) is 17.3.